The molecular formula is C24H20BrClN4O3S. The van der Waals surface area contributed by atoms with Crippen molar-refractivity contribution < 1.29 is 14.3 Å². The number of rotatable bonds is 9. The Hall–Kier alpha value is -3.01. The summed E-state index contributed by atoms with van der Waals surface area (Å²) in [5.74, 6) is 2.01. The van der Waals surface area contributed by atoms with E-state index in [1.165, 1.54) is 11.8 Å². The van der Waals surface area contributed by atoms with Crippen LogP contribution >= 0.6 is 39.3 Å². The SMILES string of the molecule is COc1ccc(-n2c(COc3ccc(Cl)cc3)nnc2SCC(=O)Nc2cccc(Br)c2)cc1. The minimum Gasteiger partial charge on any atom is -0.497 e. The summed E-state index contributed by atoms with van der Waals surface area (Å²) >= 11 is 10.6. The summed E-state index contributed by atoms with van der Waals surface area (Å²) in [6, 6.07) is 22.0. The quantitative estimate of drug-likeness (QED) is 0.253. The lowest BCUT2D eigenvalue weighted by Gasteiger charge is -2.12. The number of anilines is 1. The Morgan fingerprint density at radius 3 is 2.50 bits per heavy atom. The van der Waals surface area contributed by atoms with E-state index in [1.54, 1.807) is 31.4 Å². The second-order valence-electron chi connectivity index (χ2n) is 7.02. The number of benzene rings is 3. The van der Waals surface area contributed by atoms with E-state index in [4.69, 9.17) is 21.1 Å². The van der Waals surface area contributed by atoms with Gasteiger partial charge in [0, 0.05) is 20.9 Å². The van der Waals surface area contributed by atoms with E-state index in [9.17, 15) is 4.79 Å². The molecule has 0 aliphatic rings. The highest BCUT2D eigenvalue weighted by Crippen LogP contribution is 2.25. The van der Waals surface area contributed by atoms with Crippen LogP contribution in [-0.4, -0.2) is 33.5 Å². The number of amides is 1. The molecule has 1 aromatic heterocycles. The van der Waals surface area contributed by atoms with Crippen molar-refractivity contribution >= 4 is 50.9 Å². The fourth-order valence-electron chi connectivity index (χ4n) is 3.05. The molecule has 34 heavy (non-hydrogen) atoms. The second kappa shape index (κ2) is 11.4. The van der Waals surface area contributed by atoms with Crippen molar-refractivity contribution in [2.24, 2.45) is 0 Å². The van der Waals surface area contributed by atoms with Gasteiger partial charge in [0.1, 0.15) is 18.1 Å². The van der Waals surface area contributed by atoms with Crippen LogP contribution in [0.1, 0.15) is 5.82 Å². The molecule has 4 aromatic rings. The van der Waals surface area contributed by atoms with Gasteiger partial charge < -0.3 is 14.8 Å². The van der Waals surface area contributed by atoms with E-state index in [0.717, 1.165) is 15.9 Å². The van der Waals surface area contributed by atoms with Crippen molar-refractivity contribution in [3.8, 4) is 17.2 Å². The molecule has 4 rings (SSSR count). The van der Waals surface area contributed by atoms with Crippen LogP contribution in [-0.2, 0) is 11.4 Å². The van der Waals surface area contributed by atoms with Gasteiger partial charge in [-0.25, -0.2) is 0 Å². The summed E-state index contributed by atoms with van der Waals surface area (Å²) in [7, 11) is 1.62. The first kappa shape index (κ1) is 24.1. The number of carbonyl (C=O) groups excluding carboxylic acids is 1. The molecule has 0 aliphatic carbocycles. The number of carbonyl (C=O) groups is 1. The second-order valence-corrected chi connectivity index (χ2v) is 9.32. The van der Waals surface area contributed by atoms with Crippen LogP contribution in [0.25, 0.3) is 5.69 Å². The van der Waals surface area contributed by atoms with Crippen LogP contribution in [0.3, 0.4) is 0 Å². The third-order valence-electron chi connectivity index (χ3n) is 4.65. The zero-order chi connectivity index (χ0) is 23.9. The van der Waals surface area contributed by atoms with Gasteiger partial charge in [-0.3, -0.25) is 9.36 Å². The first-order valence-corrected chi connectivity index (χ1v) is 12.3. The molecule has 0 atom stereocenters. The minimum atomic E-state index is -0.147. The summed E-state index contributed by atoms with van der Waals surface area (Å²) in [6.45, 7) is 0.186. The molecule has 0 bridgehead atoms. The number of hydrogen-bond donors (Lipinski definition) is 1. The maximum Gasteiger partial charge on any atom is 0.234 e. The van der Waals surface area contributed by atoms with Crippen LogP contribution < -0.4 is 14.8 Å². The average Bonchev–Trinajstić information content (AvgIpc) is 3.25. The summed E-state index contributed by atoms with van der Waals surface area (Å²) in [5.41, 5.74) is 1.55. The Labute approximate surface area is 214 Å². The summed E-state index contributed by atoms with van der Waals surface area (Å²) in [6.07, 6.45) is 0. The fourth-order valence-corrected chi connectivity index (χ4v) is 4.35. The average molecular weight is 560 g/mol. The van der Waals surface area contributed by atoms with Gasteiger partial charge in [-0.05, 0) is 66.7 Å². The maximum atomic E-state index is 12.5. The Morgan fingerprint density at radius 1 is 1.06 bits per heavy atom. The monoisotopic (exact) mass is 558 g/mol. The molecule has 0 spiro atoms. The van der Waals surface area contributed by atoms with Gasteiger partial charge in [-0.1, -0.05) is 45.4 Å². The smallest absolute Gasteiger partial charge is 0.234 e. The standard InChI is InChI=1S/C24H20BrClN4O3S/c1-32-20-11-7-19(8-12-20)30-22(14-33-21-9-5-17(26)6-10-21)28-29-24(30)34-15-23(31)27-18-4-2-3-16(25)13-18/h2-13H,14-15H2,1H3,(H,27,31). The lowest BCUT2D eigenvalue weighted by molar-refractivity contribution is -0.113. The molecule has 0 unspecified atom stereocenters. The van der Waals surface area contributed by atoms with E-state index in [2.05, 4.69) is 31.4 Å². The molecular weight excluding hydrogens is 540 g/mol. The number of nitrogens with zero attached hydrogens (tertiary/aromatic N) is 3. The van der Waals surface area contributed by atoms with Crippen molar-refractivity contribution in [2.75, 3.05) is 18.2 Å². The Bertz CT molecular complexity index is 1270. The molecule has 0 saturated heterocycles. The van der Waals surface area contributed by atoms with Crippen LogP contribution in [0.2, 0.25) is 5.02 Å². The van der Waals surface area contributed by atoms with E-state index in [1.807, 2.05) is 53.1 Å². The topological polar surface area (TPSA) is 78.3 Å². The van der Waals surface area contributed by atoms with Gasteiger partial charge in [0.05, 0.1) is 12.9 Å². The molecule has 1 N–H and O–H groups in total. The number of thioether (sulfide) groups is 1. The molecule has 0 aliphatic heterocycles. The van der Waals surface area contributed by atoms with Crippen molar-refractivity contribution in [3.63, 3.8) is 0 Å². The van der Waals surface area contributed by atoms with Gasteiger partial charge in [0.2, 0.25) is 5.91 Å². The summed E-state index contributed by atoms with van der Waals surface area (Å²) in [4.78, 5) is 12.5. The van der Waals surface area contributed by atoms with Gasteiger partial charge in [-0.15, -0.1) is 10.2 Å². The van der Waals surface area contributed by atoms with Crippen LogP contribution in [0, 0.1) is 0 Å². The third-order valence-corrected chi connectivity index (χ3v) is 6.33. The molecule has 0 fully saturated rings. The predicted molar refractivity (Wildman–Crippen MR) is 137 cm³/mol. The molecule has 7 nitrogen and oxygen atoms in total. The van der Waals surface area contributed by atoms with E-state index in [0.29, 0.717) is 27.4 Å². The molecule has 10 heteroatoms. The normalized spacial score (nSPS) is 10.7. The van der Waals surface area contributed by atoms with Crippen molar-refractivity contribution in [3.05, 3.63) is 88.1 Å². The number of halogens is 2. The van der Waals surface area contributed by atoms with Crippen molar-refractivity contribution in [1.29, 1.82) is 0 Å². The molecule has 0 radical (unpaired) electrons. The van der Waals surface area contributed by atoms with Gasteiger partial charge >= 0.3 is 0 Å². The first-order chi connectivity index (χ1) is 16.5. The Morgan fingerprint density at radius 2 is 1.79 bits per heavy atom. The number of aromatic nitrogens is 3. The van der Waals surface area contributed by atoms with Gasteiger partial charge in [0.15, 0.2) is 11.0 Å². The number of hydrogen-bond acceptors (Lipinski definition) is 6. The number of nitrogens with one attached hydrogen (secondary N) is 1. The van der Waals surface area contributed by atoms with E-state index in [-0.39, 0.29) is 18.3 Å². The van der Waals surface area contributed by atoms with Gasteiger partial charge in [0.25, 0.3) is 0 Å². The Balaban J connectivity index is 1.52. The first-order valence-electron chi connectivity index (χ1n) is 10.2. The third kappa shape index (κ3) is 6.31. The fraction of sp³-hybridized carbons (Fsp3) is 0.125. The number of ether oxygens (including phenoxy) is 2. The zero-order valence-electron chi connectivity index (χ0n) is 18.1. The molecule has 0 saturated carbocycles. The maximum absolute atomic E-state index is 12.5. The zero-order valence-corrected chi connectivity index (χ0v) is 21.2. The van der Waals surface area contributed by atoms with E-state index >= 15 is 0 Å². The van der Waals surface area contributed by atoms with Crippen LogP contribution in [0.5, 0.6) is 11.5 Å². The van der Waals surface area contributed by atoms with Crippen LogP contribution in [0.4, 0.5) is 5.69 Å². The summed E-state index contributed by atoms with van der Waals surface area (Å²) in [5, 5.41) is 12.7. The van der Waals surface area contributed by atoms with Crippen molar-refractivity contribution in [2.45, 2.75) is 11.8 Å². The highest BCUT2D eigenvalue weighted by molar-refractivity contribution is 9.10. The minimum absolute atomic E-state index is 0.147. The molecule has 174 valence electrons. The summed E-state index contributed by atoms with van der Waals surface area (Å²) < 4.78 is 13.9. The Kier molecular flexibility index (Phi) is 8.10. The largest absolute Gasteiger partial charge is 0.497 e. The highest BCUT2D eigenvalue weighted by atomic mass is 79.9. The van der Waals surface area contributed by atoms with Crippen molar-refractivity contribution in [1.82, 2.24) is 14.8 Å². The molecule has 1 amide bonds. The number of methoxy groups -OCH3 is 1. The molecule has 3 aromatic carbocycles. The van der Waals surface area contributed by atoms with Crippen LogP contribution in [0.15, 0.2) is 82.4 Å². The molecule has 1 heterocycles. The lowest BCUT2D eigenvalue weighted by Crippen LogP contribution is -2.14. The lowest BCUT2D eigenvalue weighted by atomic mass is 10.3. The van der Waals surface area contributed by atoms with E-state index < -0.39 is 0 Å². The predicted octanol–water partition coefficient (Wildman–Crippen LogP) is 6.00. The highest BCUT2D eigenvalue weighted by Gasteiger charge is 2.17. The van der Waals surface area contributed by atoms with Gasteiger partial charge in [-0.2, -0.15) is 0 Å².